The SMILES string of the molecule is Cc1ccc(C(=O)OCC(=O)N2CCCC2)c(C)c1. The molecule has 0 aromatic heterocycles. The van der Waals surface area contributed by atoms with Gasteiger partial charge in [0.25, 0.3) is 5.91 Å². The molecule has 4 nitrogen and oxygen atoms in total. The van der Waals surface area contributed by atoms with Gasteiger partial charge in [-0.15, -0.1) is 0 Å². The monoisotopic (exact) mass is 261 g/mol. The topological polar surface area (TPSA) is 46.6 Å². The predicted molar refractivity (Wildman–Crippen MR) is 72.0 cm³/mol. The summed E-state index contributed by atoms with van der Waals surface area (Å²) in [6, 6.07) is 5.54. The molecule has 2 rings (SSSR count). The van der Waals surface area contributed by atoms with Crippen molar-refractivity contribution >= 4 is 11.9 Å². The Hall–Kier alpha value is -1.84. The minimum Gasteiger partial charge on any atom is -0.452 e. The van der Waals surface area contributed by atoms with Crippen LogP contribution in [0.4, 0.5) is 0 Å². The molecule has 1 aliphatic rings. The van der Waals surface area contributed by atoms with Crippen molar-refractivity contribution in [2.24, 2.45) is 0 Å². The lowest BCUT2D eigenvalue weighted by atomic mass is 10.1. The van der Waals surface area contributed by atoms with Gasteiger partial charge >= 0.3 is 5.97 Å². The molecule has 0 atom stereocenters. The highest BCUT2D eigenvalue weighted by Gasteiger charge is 2.20. The summed E-state index contributed by atoms with van der Waals surface area (Å²) in [6.45, 7) is 5.23. The lowest BCUT2D eigenvalue weighted by molar-refractivity contribution is -0.133. The molecule has 0 unspecified atom stereocenters. The van der Waals surface area contributed by atoms with Gasteiger partial charge in [0.1, 0.15) is 0 Å². The Morgan fingerprint density at radius 1 is 1.21 bits per heavy atom. The van der Waals surface area contributed by atoms with Crippen molar-refractivity contribution in [3.8, 4) is 0 Å². The van der Waals surface area contributed by atoms with Gasteiger partial charge < -0.3 is 9.64 Å². The van der Waals surface area contributed by atoms with Crippen molar-refractivity contribution in [2.75, 3.05) is 19.7 Å². The number of aryl methyl sites for hydroxylation is 2. The molecule has 1 aromatic carbocycles. The van der Waals surface area contributed by atoms with Crippen LogP contribution in [0.5, 0.6) is 0 Å². The van der Waals surface area contributed by atoms with Crippen LogP contribution in [0.2, 0.25) is 0 Å². The maximum absolute atomic E-state index is 11.9. The fourth-order valence-corrected chi connectivity index (χ4v) is 2.31. The Bertz CT molecular complexity index is 490. The minimum atomic E-state index is -0.426. The van der Waals surface area contributed by atoms with Crippen molar-refractivity contribution in [1.29, 1.82) is 0 Å². The first-order valence-corrected chi connectivity index (χ1v) is 6.60. The van der Waals surface area contributed by atoms with E-state index in [9.17, 15) is 9.59 Å². The fraction of sp³-hybridized carbons (Fsp3) is 0.467. The molecule has 0 N–H and O–H groups in total. The second-order valence-electron chi connectivity index (χ2n) is 4.98. The van der Waals surface area contributed by atoms with Crippen LogP contribution >= 0.6 is 0 Å². The number of rotatable bonds is 3. The van der Waals surface area contributed by atoms with Gasteiger partial charge in [0.2, 0.25) is 0 Å². The summed E-state index contributed by atoms with van der Waals surface area (Å²) in [5.74, 6) is -0.527. The van der Waals surface area contributed by atoms with Gasteiger partial charge in [0, 0.05) is 13.1 Å². The quantitative estimate of drug-likeness (QED) is 0.783. The van der Waals surface area contributed by atoms with Crippen LogP contribution in [-0.2, 0) is 9.53 Å². The first-order chi connectivity index (χ1) is 9.08. The number of hydrogen-bond acceptors (Lipinski definition) is 3. The van der Waals surface area contributed by atoms with Crippen molar-refractivity contribution in [1.82, 2.24) is 4.90 Å². The summed E-state index contributed by atoms with van der Waals surface area (Å²) < 4.78 is 5.09. The summed E-state index contributed by atoms with van der Waals surface area (Å²) in [7, 11) is 0. The lowest BCUT2D eigenvalue weighted by Crippen LogP contribution is -2.32. The average molecular weight is 261 g/mol. The largest absolute Gasteiger partial charge is 0.452 e. The van der Waals surface area contributed by atoms with Crippen molar-refractivity contribution in [2.45, 2.75) is 26.7 Å². The van der Waals surface area contributed by atoms with Gasteiger partial charge in [0.05, 0.1) is 5.56 Å². The van der Waals surface area contributed by atoms with Crippen LogP contribution in [0, 0.1) is 13.8 Å². The molecule has 0 bridgehead atoms. The predicted octanol–water partition coefficient (Wildman–Crippen LogP) is 2.08. The molecule has 1 aromatic rings. The van der Waals surface area contributed by atoms with E-state index >= 15 is 0 Å². The Kier molecular flexibility index (Phi) is 4.20. The molecule has 102 valence electrons. The van der Waals surface area contributed by atoms with Crippen molar-refractivity contribution in [3.63, 3.8) is 0 Å². The Labute approximate surface area is 113 Å². The molecular weight excluding hydrogens is 242 g/mol. The standard InChI is InChI=1S/C15H19NO3/c1-11-5-6-13(12(2)9-11)15(18)19-10-14(17)16-7-3-4-8-16/h5-6,9H,3-4,7-8,10H2,1-2H3. The van der Waals surface area contributed by atoms with E-state index in [1.54, 1.807) is 11.0 Å². The summed E-state index contributed by atoms with van der Waals surface area (Å²) >= 11 is 0. The lowest BCUT2D eigenvalue weighted by Gasteiger charge is -2.15. The number of benzene rings is 1. The zero-order valence-corrected chi connectivity index (χ0v) is 11.4. The second-order valence-corrected chi connectivity index (χ2v) is 4.98. The van der Waals surface area contributed by atoms with E-state index in [1.807, 2.05) is 26.0 Å². The molecule has 4 heteroatoms. The van der Waals surface area contributed by atoms with E-state index < -0.39 is 5.97 Å². The first kappa shape index (κ1) is 13.6. The van der Waals surface area contributed by atoms with E-state index in [0.717, 1.165) is 37.1 Å². The minimum absolute atomic E-state index is 0.101. The number of amides is 1. The zero-order chi connectivity index (χ0) is 13.8. The van der Waals surface area contributed by atoms with Gasteiger partial charge in [-0.1, -0.05) is 17.7 Å². The molecule has 1 saturated heterocycles. The zero-order valence-electron chi connectivity index (χ0n) is 11.4. The second kappa shape index (κ2) is 5.87. The molecule has 0 radical (unpaired) electrons. The molecule has 0 aliphatic carbocycles. The van der Waals surface area contributed by atoms with E-state index in [2.05, 4.69) is 0 Å². The average Bonchev–Trinajstić information content (AvgIpc) is 2.89. The summed E-state index contributed by atoms with van der Waals surface area (Å²) in [5.41, 5.74) is 2.50. The van der Waals surface area contributed by atoms with E-state index in [0.29, 0.717) is 5.56 Å². The third-order valence-corrected chi connectivity index (χ3v) is 3.39. The molecule has 0 saturated carbocycles. The molecule has 1 fully saturated rings. The Morgan fingerprint density at radius 3 is 2.53 bits per heavy atom. The normalized spacial score (nSPS) is 14.5. The molecule has 19 heavy (non-hydrogen) atoms. The van der Waals surface area contributed by atoms with Crippen LogP contribution in [0.3, 0.4) is 0 Å². The third kappa shape index (κ3) is 3.34. The highest BCUT2D eigenvalue weighted by Crippen LogP contribution is 2.12. The van der Waals surface area contributed by atoms with Gasteiger partial charge in [-0.2, -0.15) is 0 Å². The van der Waals surface area contributed by atoms with Crippen molar-refractivity contribution in [3.05, 3.63) is 34.9 Å². The highest BCUT2D eigenvalue weighted by atomic mass is 16.5. The number of hydrogen-bond donors (Lipinski definition) is 0. The maximum Gasteiger partial charge on any atom is 0.338 e. The van der Waals surface area contributed by atoms with E-state index in [1.165, 1.54) is 0 Å². The van der Waals surface area contributed by atoms with Crippen LogP contribution in [0.1, 0.15) is 34.3 Å². The molecular formula is C15H19NO3. The van der Waals surface area contributed by atoms with Gasteiger partial charge in [-0.3, -0.25) is 4.79 Å². The van der Waals surface area contributed by atoms with Gasteiger partial charge in [-0.05, 0) is 38.3 Å². The maximum atomic E-state index is 11.9. The fourth-order valence-electron chi connectivity index (χ4n) is 2.31. The number of carbonyl (C=O) groups is 2. The summed E-state index contributed by atoms with van der Waals surface area (Å²) in [4.78, 5) is 25.4. The van der Waals surface area contributed by atoms with E-state index in [-0.39, 0.29) is 12.5 Å². The number of nitrogens with zero attached hydrogens (tertiary/aromatic N) is 1. The summed E-state index contributed by atoms with van der Waals surface area (Å²) in [5, 5.41) is 0. The summed E-state index contributed by atoms with van der Waals surface area (Å²) in [6.07, 6.45) is 2.08. The smallest absolute Gasteiger partial charge is 0.338 e. The first-order valence-electron chi connectivity index (χ1n) is 6.60. The van der Waals surface area contributed by atoms with Crippen LogP contribution in [0.25, 0.3) is 0 Å². The highest BCUT2D eigenvalue weighted by molar-refractivity contribution is 5.92. The number of carbonyl (C=O) groups excluding carboxylic acids is 2. The number of esters is 1. The van der Waals surface area contributed by atoms with E-state index in [4.69, 9.17) is 4.74 Å². The third-order valence-electron chi connectivity index (χ3n) is 3.39. The Morgan fingerprint density at radius 2 is 1.89 bits per heavy atom. The van der Waals surface area contributed by atoms with Crippen LogP contribution < -0.4 is 0 Å². The van der Waals surface area contributed by atoms with Gasteiger partial charge in [0.15, 0.2) is 6.61 Å². The molecule has 0 spiro atoms. The van der Waals surface area contributed by atoms with Crippen LogP contribution in [0.15, 0.2) is 18.2 Å². The van der Waals surface area contributed by atoms with Crippen molar-refractivity contribution < 1.29 is 14.3 Å². The van der Waals surface area contributed by atoms with Crippen LogP contribution in [-0.4, -0.2) is 36.5 Å². The number of likely N-dealkylation sites (tertiary alicyclic amines) is 1. The molecule has 1 heterocycles. The molecule has 1 aliphatic heterocycles. The number of ether oxygens (including phenoxy) is 1. The Balaban J connectivity index is 1.92. The van der Waals surface area contributed by atoms with Gasteiger partial charge in [-0.25, -0.2) is 4.79 Å². The molecule has 1 amide bonds.